The molecule has 166 valence electrons. The molecule has 1 aromatic heterocycles. The van der Waals surface area contributed by atoms with Crippen molar-refractivity contribution in [3.8, 4) is 11.5 Å². The van der Waals surface area contributed by atoms with Crippen LogP contribution in [0, 0.1) is 11.8 Å². The molecule has 0 bridgehead atoms. The van der Waals surface area contributed by atoms with Crippen LogP contribution in [0.2, 0.25) is 0 Å². The Kier molecular flexibility index (Phi) is 5.53. The Balaban J connectivity index is 1.24. The Hall–Kier alpha value is -3.39. The molecule has 32 heavy (non-hydrogen) atoms. The molecule has 0 spiro atoms. The Labute approximate surface area is 187 Å². The van der Waals surface area contributed by atoms with E-state index in [-0.39, 0.29) is 5.91 Å². The van der Waals surface area contributed by atoms with E-state index < -0.39 is 0 Å². The zero-order valence-corrected chi connectivity index (χ0v) is 18.3. The standard InChI is InChI=1S/C24H27N5O3/c1-31-20-7-3-16(4-8-20)12-28-13-17-11-22-26-27-23(29(22)15-18(17)14-28)24(30)25-19-5-9-21(32-2)10-6-19/h3-10,17-18H,11-15H2,1-2H3,(H,25,30)/t17-,18-/m0/s1. The van der Waals surface area contributed by atoms with Crippen LogP contribution < -0.4 is 14.8 Å². The first-order valence-electron chi connectivity index (χ1n) is 10.9. The summed E-state index contributed by atoms with van der Waals surface area (Å²) in [5.74, 6) is 3.70. The summed E-state index contributed by atoms with van der Waals surface area (Å²) in [6.07, 6.45) is 0.854. The van der Waals surface area contributed by atoms with E-state index in [9.17, 15) is 4.79 Å². The van der Waals surface area contributed by atoms with Crippen molar-refractivity contribution in [2.75, 3.05) is 32.6 Å². The maximum absolute atomic E-state index is 12.9. The topological polar surface area (TPSA) is 81.5 Å². The predicted molar refractivity (Wildman–Crippen MR) is 120 cm³/mol. The van der Waals surface area contributed by atoms with Gasteiger partial charge in [-0.1, -0.05) is 12.1 Å². The number of anilines is 1. The summed E-state index contributed by atoms with van der Waals surface area (Å²) in [5.41, 5.74) is 1.98. The number of nitrogens with one attached hydrogen (secondary N) is 1. The third kappa shape index (κ3) is 4.05. The summed E-state index contributed by atoms with van der Waals surface area (Å²) < 4.78 is 12.4. The summed E-state index contributed by atoms with van der Waals surface area (Å²) in [5, 5.41) is 11.5. The molecule has 2 aromatic carbocycles. The quantitative estimate of drug-likeness (QED) is 0.644. The van der Waals surface area contributed by atoms with E-state index >= 15 is 0 Å². The van der Waals surface area contributed by atoms with Gasteiger partial charge in [0, 0.05) is 38.3 Å². The van der Waals surface area contributed by atoms with Gasteiger partial charge in [-0.15, -0.1) is 10.2 Å². The van der Waals surface area contributed by atoms with Crippen LogP contribution in [-0.4, -0.2) is 52.9 Å². The molecule has 1 N–H and O–H groups in total. The smallest absolute Gasteiger partial charge is 0.293 e. The minimum Gasteiger partial charge on any atom is -0.497 e. The highest BCUT2D eigenvalue weighted by molar-refractivity contribution is 6.01. The number of hydrogen-bond acceptors (Lipinski definition) is 6. The number of likely N-dealkylation sites (tertiary alicyclic amines) is 1. The minimum absolute atomic E-state index is 0.236. The van der Waals surface area contributed by atoms with Gasteiger partial charge in [0.25, 0.3) is 5.91 Å². The summed E-state index contributed by atoms with van der Waals surface area (Å²) in [4.78, 5) is 15.4. The number of hydrogen-bond donors (Lipinski definition) is 1. The molecule has 3 aromatic rings. The number of methoxy groups -OCH3 is 2. The van der Waals surface area contributed by atoms with Gasteiger partial charge in [0.1, 0.15) is 17.3 Å². The number of aromatic nitrogens is 3. The molecule has 8 nitrogen and oxygen atoms in total. The zero-order chi connectivity index (χ0) is 22.1. The lowest BCUT2D eigenvalue weighted by atomic mass is 9.89. The SMILES string of the molecule is COc1ccc(CN2C[C@@H]3Cc4nnc(C(=O)Nc5ccc(OC)cc5)n4C[C@@H]3C2)cc1. The fourth-order valence-electron chi connectivity index (χ4n) is 4.77. The van der Waals surface area contributed by atoms with Gasteiger partial charge in [-0.25, -0.2) is 0 Å². The Morgan fingerprint density at radius 1 is 0.938 bits per heavy atom. The van der Waals surface area contributed by atoms with E-state index in [0.717, 1.165) is 49.9 Å². The van der Waals surface area contributed by atoms with E-state index in [1.165, 1.54) is 5.56 Å². The van der Waals surface area contributed by atoms with Crippen molar-refractivity contribution in [3.63, 3.8) is 0 Å². The molecular formula is C24H27N5O3. The first-order valence-corrected chi connectivity index (χ1v) is 10.9. The minimum atomic E-state index is -0.236. The van der Waals surface area contributed by atoms with Crippen LogP contribution in [-0.2, 0) is 19.5 Å². The van der Waals surface area contributed by atoms with Gasteiger partial charge in [-0.3, -0.25) is 9.69 Å². The highest BCUT2D eigenvalue weighted by Gasteiger charge is 2.39. The van der Waals surface area contributed by atoms with Crippen LogP contribution >= 0.6 is 0 Å². The van der Waals surface area contributed by atoms with Crippen molar-refractivity contribution in [2.24, 2.45) is 11.8 Å². The van der Waals surface area contributed by atoms with Crippen molar-refractivity contribution in [1.82, 2.24) is 19.7 Å². The lowest BCUT2D eigenvalue weighted by Crippen LogP contribution is -2.31. The lowest BCUT2D eigenvalue weighted by molar-refractivity contribution is 0.100. The molecule has 0 unspecified atom stereocenters. The maximum atomic E-state index is 12.9. The van der Waals surface area contributed by atoms with Gasteiger partial charge in [-0.05, 0) is 53.8 Å². The Morgan fingerprint density at radius 2 is 1.59 bits per heavy atom. The molecule has 1 amide bonds. The fourth-order valence-corrected chi connectivity index (χ4v) is 4.77. The van der Waals surface area contributed by atoms with Crippen LogP contribution in [0.5, 0.6) is 11.5 Å². The average molecular weight is 434 g/mol. The van der Waals surface area contributed by atoms with E-state index in [2.05, 4.69) is 32.5 Å². The van der Waals surface area contributed by atoms with Crippen molar-refractivity contribution in [3.05, 3.63) is 65.7 Å². The normalized spacial score (nSPS) is 19.8. The maximum Gasteiger partial charge on any atom is 0.293 e. The van der Waals surface area contributed by atoms with Gasteiger partial charge in [0.05, 0.1) is 14.2 Å². The van der Waals surface area contributed by atoms with Crippen LogP contribution in [0.3, 0.4) is 0 Å². The number of carbonyl (C=O) groups is 1. The lowest BCUT2D eigenvalue weighted by Gasteiger charge is -2.25. The van der Waals surface area contributed by atoms with E-state index in [1.54, 1.807) is 14.2 Å². The van der Waals surface area contributed by atoms with Gasteiger partial charge in [0.15, 0.2) is 0 Å². The monoisotopic (exact) mass is 433 g/mol. The molecule has 0 aliphatic carbocycles. The van der Waals surface area contributed by atoms with Crippen LogP contribution in [0.15, 0.2) is 48.5 Å². The van der Waals surface area contributed by atoms with Crippen molar-refractivity contribution in [2.45, 2.75) is 19.5 Å². The number of amides is 1. The molecule has 2 aliphatic rings. The zero-order valence-electron chi connectivity index (χ0n) is 18.3. The molecule has 8 heteroatoms. The van der Waals surface area contributed by atoms with Crippen LogP contribution in [0.25, 0.3) is 0 Å². The molecule has 1 fully saturated rings. The second kappa shape index (κ2) is 8.63. The predicted octanol–water partition coefficient (Wildman–Crippen LogP) is 2.85. The Bertz CT molecular complexity index is 1090. The van der Waals surface area contributed by atoms with Crippen molar-refractivity contribution < 1.29 is 14.3 Å². The summed E-state index contributed by atoms with van der Waals surface area (Å²) >= 11 is 0. The fraction of sp³-hybridized carbons (Fsp3) is 0.375. The second-order valence-corrected chi connectivity index (χ2v) is 8.50. The van der Waals surface area contributed by atoms with E-state index in [0.29, 0.717) is 23.3 Å². The third-order valence-electron chi connectivity index (χ3n) is 6.46. The molecule has 0 radical (unpaired) electrons. The highest BCUT2D eigenvalue weighted by atomic mass is 16.5. The summed E-state index contributed by atoms with van der Waals surface area (Å²) in [7, 11) is 3.30. The average Bonchev–Trinajstić information content (AvgIpc) is 3.41. The van der Waals surface area contributed by atoms with Gasteiger partial charge in [-0.2, -0.15) is 0 Å². The largest absolute Gasteiger partial charge is 0.497 e. The highest BCUT2D eigenvalue weighted by Crippen LogP contribution is 2.33. The number of nitrogens with zero attached hydrogens (tertiary/aromatic N) is 4. The number of carbonyl (C=O) groups excluding carboxylic acids is 1. The van der Waals surface area contributed by atoms with Gasteiger partial charge in [0.2, 0.25) is 5.82 Å². The molecule has 2 aliphatic heterocycles. The number of rotatable bonds is 6. The van der Waals surface area contributed by atoms with Crippen LogP contribution in [0.1, 0.15) is 22.0 Å². The van der Waals surface area contributed by atoms with Gasteiger partial charge >= 0.3 is 0 Å². The molecule has 0 saturated carbocycles. The molecule has 5 rings (SSSR count). The first kappa shape index (κ1) is 20.5. The van der Waals surface area contributed by atoms with Crippen LogP contribution in [0.4, 0.5) is 5.69 Å². The third-order valence-corrected chi connectivity index (χ3v) is 6.46. The molecular weight excluding hydrogens is 406 g/mol. The first-order chi connectivity index (χ1) is 15.6. The Morgan fingerprint density at radius 3 is 2.28 bits per heavy atom. The number of ether oxygens (including phenoxy) is 2. The van der Waals surface area contributed by atoms with Gasteiger partial charge < -0.3 is 19.4 Å². The summed E-state index contributed by atoms with van der Waals surface area (Å²) in [6.45, 7) is 3.74. The molecule has 1 saturated heterocycles. The number of fused-ring (bicyclic) bond motifs is 2. The van der Waals surface area contributed by atoms with E-state index in [1.807, 2.05) is 41.0 Å². The second-order valence-electron chi connectivity index (χ2n) is 8.50. The van der Waals surface area contributed by atoms with Crippen molar-refractivity contribution in [1.29, 1.82) is 0 Å². The van der Waals surface area contributed by atoms with E-state index in [4.69, 9.17) is 9.47 Å². The molecule has 3 heterocycles. The number of benzene rings is 2. The summed E-state index contributed by atoms with van der Waals surface area (Å²) in [6, 6.07) is 15.5. The van der Waals surface area contributed by atoms with Crippen molar-refractivity contribution >= 4 is 11.6 Å². The molecule has 2 atom stereocenters.